The first-order chi connectivity index (χ1) is 13.1. The topological polar surface area (TPSA) is 103 Å². The third-order valence-corrected chi connectivity index (χ3v) is 4.81. The molecule has 0 fully saturated rings. The van der Waals surface area contributed by atoms with Crippen molar-refractivity contribution in [1.29, 1.82) is 0 Å². The van der Waals surface area contributed by atoms with Gasteiger partial charge in [0.2, 0.25) is 5.91 Å². The van der Waals surface area contributed by atoms with Crippen molar-refractivity contribution in [3.05, 3.63) is 59.3 Å². The number of nitrogens with zero attached hydrogens (tertiary/aromatic N) is 7. The van der Waals surface area contributed by atoms with Crippen LogP contribution in [-0.4, -0.2) is 40.5 Å². The van der Waals surface area contributed by atoms with E-state index in [4.69, 9.17) is 0 Å². The molecule has 1 amide bonds. The predicted octanol–water partition coefficient (Wildman–Crippen LogP) is 1.80. The van der Waals surface area contributed by atoms with Crippen LogP contribution in [0.5, 0.6) is 0 Å². The minimum absolute atomic E-state index is 0.0564. The molecule has 0 aliphatic carbocycles. The predicted molar refractivity (Wildman–Crippen MR) is 96.7 cm³/mol. The van der Waals surface area contributed by atoms with Crippen LogP contribution in [0.25, 0.3) is 11.5 Å². The summed E-state index contributed by atoms with van der Waals surface area (Å²) in [5.41, 5.74) is 3.49. The second-order valence-electron chi connectivity index (χ2n) is 6.56. The van der Waals surface area contributed by atoms with Gasteiger partial charge in [0, 0.05) is 30.3 Å². The molecule has 9 nitrogen and oxygen atoms in total. The Morgan fingerprint density at radius 2 is 2.04 bits per heavy atom. The minimum atomic E-state index is -0.0865. The number of fused-ring (bicyclic) bond motifs is 2. The molecule has 1 atom stereocenters. The van der Waals surface area contributed by atoms with Crippen LogP contribution in [0.3, 0.4) is 0 Å². The molecule has 0 unspecified atom stereocenters. The second kappa shape index (κ2) is 5.70. The van der Waals surface area contributed by atoms with E-state index in [0.29, 0.717) is 29.5 Å². The molecule has 0 aromatic carbocycles. The summed E-state index contributed by atoms with van der Waals surface area (Å²) in [6.07, 6.45) is 3.89. The van der Waals surface area contributed by atoms with Crippen LogP contribution in [0.2, 0.25) is 0 Å². The lowest BCUT2D eigenvalue weighted by Crippen LogP contribution is -2.25. The second-order valence-corrected chi connectivity index (χ2v) is 6.56. The fourth-order valence-corrected chi connectivity index (χ4v) is 3.58. The van der Waals surface area contributed by atoms with Gasteiger partial charge in [-0.15, -0.1) is 15.3 Å². The maximum atomic E-state index is 12.4. The largest absolute Gasteiger partial charge is 0.310 e. The molecule has 27 heavy (non-hydrogen) atoms. The molecule has 0 saturated carbocycles. The van der Waals surface area contributed by atoms with Gasteiger partial charge in [0.25, 0.3) is 0 Å². The first kappa shape index (κ1) is 15.6. The van der Waals surface area contributed by atoms with E-state index in [2.05, 4.69) is 30.7 Å². The molecule has 4 aromatic heterocycles. The van der Waals surface area contributed by atoms with E-state index < -0.39 is 0 Å². The molecule has 0 radical (unpaired) electrons. The van der Waals surface area contributed by atoms with Crippen LogP contribution < -0.4 is 5.32 Å². The van der Waals surface area contributed by atoms with Crippen LogP contribution in [-0.2, 0) is 4.79 Å². The summed E-state index contributed by atoms with van der Waals surface area (Å²) in [4.78, 5) is 16.6. The number of amides is 1. The molecule has 5 rings (SSSR count). The summed E-state index contributed by atoms with van der Waals surface area (Å²) in [7, 11) is 0. The van der Waals surface area contributed by atoms with Crippen molar-refractivity contribution in [2.45, 2.75) is 26.2 Å². The van der Waals surface area contributed by atoms with Crippen LogP contribution >= 0.6 is 0 Å². The average Bonchev–Trinajstić information content (AvgIpc) is 3.22. The van der Waals surface area contributed by atoms with Crippen molar-refractivity contribution in [2.24, 2.45) is 0 Å². The molecule has 0 bridgehead atoms. The number of pyridine rings is 1. The van der Waals surface area contributed by atoms with E-state index in [1.165, 1.54) is 0 Å². The van der Waals surface area contributed by atoms with Gasteiger partial charge in [0.1, 0.15) is 5.82 Å². The zero-order chi connectivity index (χ0) is 18.5. The van der Waals surface area contributed by atoms with Gasteiger partial charge in [-0.2, -0.15) is 14.3 Å². The van der Waals surface area contributed by atoms with Crippen molar-refractivity contribution in [1.82, 2.24) is 34.6 Å². The standard InChI is InChI=1S/C18H16N8O/c1-10-17-13(12-4-3-7-19-9-12)8-16(27)20-18(17)26(23-10)15-6-5-14-22-21-11(2)25(14)24-15/h3-7,9,13H,8H2,1-2H3,(H,20,27)/t13-/m0/s1. The van der Waals surface area contributed by atoms with Gasteiger partial charge in [-0.1, -0.05) is 6.07 Å². The van der Waals surface area contributed by atoms with E-state index in [-0.39, 0.29) is 11.8 Å². The lowest BCUT2D eigenvalue weighted by atomic mass is 9.87. The van der Waals surface area contributed by atoms with Gasteiger partial charge < -0.3 is 5.32 Å². The first-order valence-electron chi connectivity index (χ1n) is 8.60. The van der Waals surface area contributed by atoms with Crippen molar-refractivity contribution in [2.75, 3.05) is 5.32 Å². The molecule has 0 spiro atoms. The third-order valence-electron chi connectivity index (χ3n) is 4.81. The van der Waals surface area contributed by atoms with Crippen LogP contribution in [0, 0.1) is 13.8 Å². The fourth-order valence-electron chi connectivity index (χ4n) is 3.58. The molecule has 0 saturated heterocycles. The zero-order valence-electron chi connectivity index (χ0n) is 14.8. The molecular weight excluding hydrogens is 344 g/mol. The highest BCUT2D eigenvalue weighted by Crippen LogP contribution is 2.39. The molecule has 1 aliphatic heterocycles. The lowest BCUT2D eigenvalue weighted by Gasteiger charge is -2.24. The number of nitrogens with one attached hydrogen (secondary N) is 1. The summed E-state index contributed by atoms with van der Waals surface area (Å²) in [6, 6.07) is 7.51. The van der Waals surface area contributed by atoms with E-state index in [1.807, 2.05) is 38.1 Å². The van der Waals surface area contributed by atoms with E-state index >= 15 is 0 Å². The summed E-state index contributed by atoms with van der Waals surface area (Å²) in [5.74, 6) is 1.77. The Bertz CT molecular complexity index is 1180. The Morgan fingerprint density at radius 3 is 2.85 bits per heavy atom. The maximum absolute atomic E-state index is 12.4. The quantitative estimate of drug-likeness (QED) is 0.585. The molecular formula is C18H16N8O. The number of carbonyl (C=O) groups is 1. The van der Waals surface area contributed by atoms with E-state index in [1.54, 1.807) is 21.6 Å². The number of hydrogen-bond acceptors (Lipinski definition) is 6. The van der Waals surface area contributed by atoms with Gasteiger partial charge in [-0.3, -0.25) is 9.78 Å². The zero-order valence-corrected chi connectivity index (χ0v) is 14.8. The Labute approximate surface area is 154 Å². The molecule has 134 valence electrons. The highest BCUT2D eigenvalue weighted by Gasteiger charge is 2.33. The van der Waals surface area contributed by atoms with Crippen molar-refractivity contribution in [3.8, 4) is 5.82 Å². The SMILES string of the molecule is Cc1nn(-c2ccc3nnc(C)n3n2)c2c1[C@H](c1cccnc1)CC(=O)N2. The normalized spacial score (nSPS) is 16.4. The molecule has 5 heterocycles. The summed E-state index contributed by atoms with van der Waals surface area (Å²) in [6.45, 7) is 3.78. The van der Waals surface area contributed by atoms with Gasteiger partial charge in [0.15, 0.2) is 17.3 Å². The number of carbonyl (C=O) groups excluding carboxylic acids is 1. The number of rotatable bonds is 2. The van der Waals surface area contributed by atoms with Gasteiger partial charge in [0.05, 0.1) is 5.69 Å². The van der Waals surface area contributed by atoms with Crippen molar-refractivity contribution in [3.63, 3.8) is 0 Å². The van der Waals surface area contributed by atoms with Crippen molar-refractivity contribution >= 4 is 17.4 Å². The van der Waals surface area contributed by atoms with Gasteiger partial charge >= 0.3 is 0 Å². The van der Waals surface area contributed by atoms with E-state index in [9.17, 15) is 4.79 Å². The van der Waals surface area contributed by atoms with Crippen LogP contribution in [0.1, 0.15) is 35.0 Å². The van der Waals surface area contributed by atoms with Gasteiger partial charge in [-0.05, 0) is 37.6 Å². The highest BCUT2D eigenvalue weighted by molar-refractivity contribution is 5.95. The van der Waals surface area contributed by atoms with E-state index in [0.717, 1.165) is 16.8 Å². The minimum Gasteiger partial charge on any atom is -0.310 e. The van der Waals surface area contributed by atoms with Crippen LogP contribution in [0.4, 0.5) is 5.82 Å². The maximum Gasteiger partial charge on any atom is 0.226 e. The molecule has 1 aliphatic rings. The Balaban J connectivity index is 1.69. The number of hydrogen-bond donors (Lipinski definition) is 1. The first-order valence-corrected chi connectivity index (χ1v) is 8.60. The monoisotopic (exact) mass is 360 g/mol. The molecule has 4 aromatic rings. The van der Waals surface area contributed by atoms with Crippen molar-refractivity contribution < 1.29 is 4.79 Å². The summed E-state index contributed by atoms with van der Waals surface area (Å²) < 4.78 is 3.33. The molecule has 9 heteroatoms. The summed E-state index contributed by atoms with van der Waals surface area (Å²) >= 11 is 0. The Kier molecular flexibility index (Phi) is 3.30. The fraction of sp³-hybridized carbons (Fsp3) is 0.222. The number of aromatic nitrogens is 7. The summed E-state index contributed by atoms with van der Waals surface area (Å²) in [5, 5.41) is 20.3. The molecule has 1 N–H and O–H groups in total. The smallest absolute Gasteiger partial charge is 0.226 e. The average molecular weight is 360 g/mol. The lowest BCUT2D eigenvalue weighted by molar-refractivity contribution is -0.116. The van der Waals surface area contributed by atoms with Gasteiger partial charge in [-0.25, -0.2) is 0 Å². The third kappa shape index (κ3) is 2.39. The Hall–Kier alpha value is -3.62. The highest BCUT2D eigenvalue weighted by atomic mass is 16.1. The van der Waals surface area contributed by atoms with Crippen LogP contribution in [0.15, 0.2) is 36.7 Å². The number of anilines is 1. The Morgan fingerprint density at radius 1 is 1.15 bits per heavy atom. The number of aryl methyl sites for hydroxylation is 2.